The summed E-state index contributed by atoms with van der Waals surface area (Å²) in [6.07, 6.45) is -0.742. The molecule has 1 unspecified atom stereocenters. The van der Waals surface area contributed by atoms with E-state index in [9.17, 15) is 5.11 Å². The predicted molar refractivity (Wildman–Crippen MR) is 78.7 cm³/mol. The van der Waals surface area contributed by atoms with Gasteiger partial charge in [0.2, 0.25) is 0 Å². The first-order valence-electron chi connectivity index (χ1n) is 5.71. The maximum absolute atomic E-state index is 10.2. The molecule has 1 aromatic carbocycles. The highest BCUT2D eigenvalue weighted by molar-refractivity contribution is 9.13. The second-order valence-corrected chi connectivity index (χ2v) is 6.07. The van der Waals surface area contributed by atoms with E-state index in [1.54, 1.807) is 6.07 Å². The second kappa shape index (κ2) is 5.59. The van der Waals surface area contributed by atoms with E-state index in [1.807, 2.05) is 24.3 Å². The van der Waals surface area contributed by atoms with Crippen LogP contribution < -0.4 is 0 Å². The highest BCUT2D eigenvalue weighted by Gasteiger charge is 2.17. The number of aliphatic hydroxyl groups excluding tert-OH is 1. The van der Waals surface area contributed by atoms with Crippen molar-refractivity contribution in [2.24, 2.45) is 0 Å². The summed E-state index contributed by atoms with van der Waals surface area (Å²) in [6, 6.07) is 9.71. The summed E-state index contributed by atoms with van der Waals surface area (Å²) in [7, 11) is 0. The monoisotopic (exact) mass is 372 g/mol. The number of hydrogen-bond acceptors (Lipinski definition) is 2. The van der Waals surface area contributed by atoms with E-state index < -0.39 is 6.10 Å². The predicted octanol–water partition coefficient (Wildman–Crippen LogP) is 5.01. The topological polar surface area (TPSA) is 33.4 Å². The molecule has 1 aromatic heterocycles. The lowest BCUT2D eigenvalue weighted by Crippen LogP contribution is -1.98. The van der Waals surface area contributed by atoms with E-state index in [4.69, 9.17) is 4.42 Å². The van der Waals surface area contributed by atoms with Crippen molar-refractivity contribution in [3.63, 3.8) is 0 Å². The van der Waals surface area contributed by atoms with Crippen LogP contribution in [0, 0.1) is 0 Å². The molecule has 0 saturated heterocycles. The molecular formula is C14H14Br2O2. The van der Waals surface area contributed by atoms with Crippen LogP contribution in [-0.4, -0.2) is 5.11 Å². The zero-order valence-electron chi connectivity index (χ0n) is 10.2. The van der Waals surface area contributed by atoms with E-state index in [2.05, 4.69) is 45.7 Å². The molecule has 0 fully saturated rings. The Morgan fingerprint density at radius 2 is 1.61 bits per heavy atom. The summed E-state index contributed by atoms with van der Waals surface area (Å²) in [4.78, 5) is 0. The van der Waals surface area contributed by atoms with Gasteiger partial charge in [-0.3, -0.25) is 0 Å². The molecule has 2 aromatic rings. The Morgan fingerprint density at radius 1 is 1.06 bits per heavy atom. The molecule has 0 aliphatic carbocycles. The Kier molecular flexibility index (Phi) is 4.30. The van der Waals surface area contributed by atoms with E-state index >= 15 is 0 Å². The van der Waals surface area contributed by atoms with Crippen molar-refractivity contribution < 1.29 is 9.52 Å². The normalized spacial score (nSPS) is 13.0. The Morgan fingerprint density at radius 3 is 2.06 bits per heavy atom. The summed E-state index contributed by atoms with van der Waals surface area (Å²) in [5.74, 6) is 1.01. The molecule has 2 rings (SSSR count). The molecular weight excluding hydrogens is 360 g/mol. The fourth-order valence-corrected chi connectivity index (χ4v) is 2.33. The summed E-state index contributed by atoms with van der Waals surface area (Å²) >= 11 is 6.60. The van der Waals surface area contributed by atoms with Gasteiger partial charge in [-0.15, -0.1) is 0 Å². The van der Waals surface area contributed by atoms with Gasteiger partial charge in [0.05, 0.1) is 4.47 Å². The Bertz CT molecular complexity index is 510. The Balaban J connectivity index is 2.25. The molecule has 0 amide bonds. The standard InChI is InChI=1S/C14H14Br2O2/c1-8(2)9-3-5-10(6-4-9)13(17)12-7-11(15)14(16)18-12/h3-8,13,17H,1-2H3. The number of halogens is 2. The van der Waals surface area contributed by atoms with Crippen LogP contribution in [0.1, 0.15) is 42.8 Å². The van der Waals surface area contributed by atoms with Crippen LogP contribution >= 0.6 is 31.9 Å². The minimum absolute atomic E-state index is 0.489. The molecule has 0 spiro atoms. The molecule has 4 heteroatoms. The van der Waals surface area contributed by atoms with Crippen molar-refractivity contribution >= 4 is 31.9 Å². The zero-order chi connectivity index (χ0) is 13.3. The third-order valence-electron chi connectivity index (χ3n) is 2.85. The molecule has 0 saturated carbocycles. The SMILES string of the molecule is CC(C)c1ccc(C(O)c2cc(Br)c(Br)o2)cc1. The lowest BCUT2D eigenvalue weighted by molar-refractivity contribution is 0.187. The first-order valence-corrected chi connectivity index (χ1v) is 7.30. The van der Waals surface area contributed by atoms with Gasteiger partial charge in [-0.2, -0.15) is 0 Å². The summed E-state index contributed by atoms with van der Waals surface area (Å²) in [6.45, 7) is 4.29. The van der Waals surface area contributed by atoms with Gasteiger partial charge in [0, 0.05) is 0 Å². The van der Waals surface area contributed by atoms with Crippen LogP contribution in [-0.2, 0) is 0 Å². The molecule has 18 heavy (non-hydrogen) atoms. The highest BCUT2D eigenvalue weighted by Crippen LogP contribution is 2.32. The molecule has 1 heterocycles. The molecule has 0 radical (unpaired) electrons. The highest BCUT2D eigenvalue weighted by atomic mass is 79.9. The van der Waals surface area contributed by atoms with Gasteiger partial charge >= 0.3 is 0 Å². The van der Waals surface area contributed by atoms with E-state index in [1.165, 1.54) is 5.56 Å². The Hall–Kier alpha value is -0.580. The van der Waals surface area contributed by atoms with Crippen molar-refractivity contribution in [1.29, 1.82) is 0 Å². The number of aliphatic hydroxyl groups is 1. The van der Waals surface area contributed by atoms with Gasteiger partial charge in [0.15, 0.2) is 4.67 Å². The molecule has 1 N–H and O–H groups in total. The van der Waals surface area contributed by atoms with E-state index in [0.717, 1.165) is 10.0 Å². The van der Waals surface area contributed by atoms with Crippen LogP contribution in [0.15, 0.2) is 43.9 Å². The minimum Gasteiger partial charge on any atom is -0.450 e. The number of rotatable bonds is 3. The van der Waals surface area contributed by atoms with Crippen molar-refractivity contribution in [3.05, 3.63) is 56.4 Å². The first kappa shape index (κ1) is 13.8. The van der Waals surface area contributed by atoms with Gasteiger partial charge in [0.1, 0.15) is 11.9 Å². The van der Waals surface area contributed by atoms with Gasteiger partial charge in [-0.05, 0) is 55.0 Å². The fourth-order valence-electron chi connectivity index (χ4n) is 1.73. The van der Waals surface area contributed by atoms with Crippen LogP contribution in [0.4, 0.5) is 0 Å². The van der Waals surface area contributed by atoms with Crippen LogP contribution in [0.3, 0.4) is 0 Å². The zero-order valence-corrected chi connectivity index (χ0v) is 13.3. The summed E-state index contributed by atoms with van der Waals surface area (Å²) in [5.41, 5.74) is 2.08. The fraction of sp³-hybridized carbons (Fsp3) is 0.286. The lowest BCUT2D eigenvalue weighted by atomic mass is 9.99. The summed E-state index contributed by atoms with van der Waals surface area (Å²) in [5, 5.41) is 10.2. The van der Waals surface area contributed by atoms with Crippen LogP contribution in [0.2, 0.25) is 0 Å². The smallest absolute Gasteiger partial charge is 0.183 e. The average molecular weight is 374 g/mol. The number of furan rings is 1. The Labute approximate surface area is 123 Å². The maximum Gasteiger partial charge on any atom is 0.183 e. The molecule has 2 nitrogen and oxygen atoms in total. The lowest BCUT2D eigenvalue weighted by Gasteiger charge is -2.10. The second-order valence-electron chi connectivity index (χ2n) is 4.49. The van der Waals surface area contributed by atoms with Crippen molar-refractivity contribution in [3.8, 4) is 0 Å². The van der Waals surface area contributed by atoms with Crippen LogP contribution in [0.25, 0.3) is 0 Å². The van der Waals surface area contributed by atoms with Crippen molar-refractivity contribution in [1.82, 2.24) is 0 Å². The van der Waals surface area contributed by atoms with E-state index in [-0.39, 0.29) is 0 Å². The van der Waals surface area contributed by atoms with Gasteiger partial charge in [0.25, 0.3) is 0 Å². The quantitative estimate of drug-likeness (QED) is 0.820. The molecule has 96 valence electrons. The number of benzene rings is 1. The first-order chi connectivity index (χ1) is 8.49. The third-order valence-corrected chi connectivity index (χ3v) is 4.56. The van der Waals surface area contributed by atoms with Gasteiger partial charge in [-0.25, -0.2) is 0 Å². The number of hydrogen-bond donors (Lipinski definition) is 1. The third kappa shape index (κ3) is 2.87. The maximum atomic E-state index is 10.2. The van der Waals surface area contributed by atoms with Crippen molar-refractivity contribution in [2.45, 2.75) is 25.9 Å². The van der Waals surface area contributed by atoms with Crippen LogP contribution in [0.5, 0.6) is 0 Å². The largest absolute Gasteiger partial charge is 0.450 e. The van der Waals surface area contributed by atoms with Gasteiger partial charge in [-0.1, -0.05) is 38.1 Å². The average Bonchev–Trinajstić information content (AvgIpc) is 2.69. The van der Waals surface area contributed by atoms with Crippen molar-refractivity contribution in [2.75, 3.05) is 0 Å². The molecule has 0 bridgehead atoms. The summed E-state index contributed by atoms with van der Waals surface area (Å²) < 4.78 is 6.82. The molecule has 0 aliphatic rings. The molecule has 0 aliphatic heterocycles. The molecule has 1 atom stereocenters. The minimum atomic E-state index is -0.742. The van der Waals surface area contributed by atoms with Gasteiger partial charge < -0.3 is 9.52 Å². The van der Waals surface area contributed by atoms with E-state index in [0.29, 0.717) is 16.3 Å².